The van der Waals surface area contributed by atoms with E-state index in [1.165, 1.54) is 19.3 Å². The number of ether oxygens (including phenoxy) is 1. The zero-order valence-corrected chi connectivity index (χ0v) is 17.9. The number of hydrogen-bond acceptors (Lipinski definition) is 4. The molecule has 0 aromatic rings. The summed E-state index contributed by atoms with van der Waals surface area (Å²) in [5, 5.41) is 0. The molecule has 0 heterocycles. The molecule has 27 heavy (non-hydrogen) atoms. The minimum Gasteiger partial charge on any atom is -0.461 e. The second-order valence-electron chi connectivity index (χ2n) is 10.2. The molecule has 0 saturated heterocycles. The molecule has 3 fully saturated rings. The Bertz CT molecular complexity index is 588. The van der Waals surface area contributed by atoms with Gasteiger partial charge < -0.3 is 10.5 Å². The van der Waals surface area contributed by atoms with Gasteiger partial charge in [0.15, 0.2) is 0 Å². The van der Waals surface area contributed by atoms with Crippen LogP contribution in [0.1, 0.15) is 86.0 Å². The smallest absolute Gasteiger partial charge is 0.322 e. The molecule has 8 unspecified atom stereocenters. The summed E-state index contributed by atoms with van der Waals surface area (Å²) < 4.78 is 5.68. The van der Waals surface area contributed by atoms with Crippen molar-refractivity contribution in [3.63, 3.8) is 0 Å². The maximum Gasteiger partial charge on any atom is 0.322 e. The highest BCUT2D eigenvalue weighted by atomic mass is 16.5. The van der Waals surface area contributed by atoms with Crippen LogP contribution in [0.5, 0.6) is 0 Å². The fourth-order valence-corrected chi connectivity index (χ4v) is 7.11. The first kappa shape index (κ1) is 20.8. The Morgan fingerprint density at radius 2 is 1.85 bits per heavy atom. The molecule has 0 amide bonds. The Labute approximate surface area is 165 Å². The van der Waals surface area contributed by atoms with E-state index in [9.17, 15) is 9.59 Å². The summed E-state index contributed by atoms with van der Waals surface area (Å²) in [5.41, 5.74) is 5.87. The Hall–Kier alpha value is -0.900. The second-order valence-corrected chi connectivity index (χ2v) is 10.2. The van der Waals surface area contributed by atoms with Gasteiger partial charge in [0.2, 0.25) is 0 Å². The van der Waals surface area contributed by atoms with Gasteiger partial charge in [-0.2, -0.15) is 0 Å². The number of carbonyl (C=O) groups excluding carboxylic acids is 2. The molecule has 3 aliphatic rings. The number of fused-ring (bicyclic) bond motifs is 3. The average molecular weight is 378 g/mol. The Morgan fingerprint density at radius 1 is 1.15 bits per heavy atom. The maximum absolute atomic E-state index is 12.5. The van der Waals surface area contributed by atoms with Crippen molar-refractivity contribution in [1.29, 1.82) is 0 Å². The van der Waals surface area contributed by atoms with Gasteiger partial charge in [0.25, 0.3) is 0 Å². The van der Waals surface area contributed by atoms with Crippen LogP contribution >= 0.6 is 0 Å². The fraction of sp³-hybridized carbons (Fsp3) is 0.913. The standard InChI is InChI=1S/C23H39NO3/c1-6-19-18-8-7-16-13-17(27-21(26)14(2)24)9-11-23(16,5)20(18)10-12-22(19,4)15(3)25/h14,16-20H,6-13,24H2,1-5H3. The van der Waals surface area contributed by atoms with Gasteiger partial charge >= 0.3 is 5.97 Å². The van der Waals surface area contributed by atoms with Crippen molar-refractivity contribution in [2.24, 2.45) is 40.2 Å². The molecule has 0 radical (unpaired) electrons. The highest BCUT2D eigenvalue weighted by molar-refractivity contribution is 5.82. The quantitative estimate of drug-likeness (QED) is 0.733. The van der Waals surface area contributed by atoms with Gasteiger partial charge in [-0.1, -0.05) is 27.2 Å². The number of esters is 1. The second kappa shape index (κ2) is 7.50. The third-order valence-electron chi connectivity index (χ3n) is 8.91. The number of rotatable bonds is 4. The third kappa shape index (κ3) is 3.47. The largest absolute Gasteiger partial charge is 0.461 e. The van der Waals surface area contributed by atoms with Crippen LogP contribution in [-0.4, -0.2) is 23.9 Å². The highest BCUT2D eigenvalue weighted by Gasteiger charge is 2.57. The van der Waals surface area contributed by atoms with Gasteiger partial charge in [-0.15, -0.1) is 0 Å². The summed E-state index contributed by atoms with van der Waals surface area (Å²) in [4.78, 5) is 24.4. The van der Waals surface area contributed by atoms with E-state index in [2.05, 4.69) is 20.8 Å². The summed E-state index contributed by atoms with van der Waals surface area (Å²) >= 11 is 0. The van der Waals surface area contributed by atoms with Gasteiger partial charge in [0, 0.05) is 5.41 Å². The van der Waals surface area contributed by atoms with Gasteiger partial charge in [0.05, 0.1) is 0 Å². The van der Waals surface area contributed by atoms with Crippen LogP contribution in [0.25, 0.3) is 0 Å². The van der Waals surface area contributed by atoms with E-state index in [1.54, 1.807) is 13.8 Å². The van der Waals surface area contributed by atoms with E-state index in [0.717, 1.165) is 32.1 Å². The molecule has 0 aromatic heterocycles. The number of hydrogen-bond donors (Lipinski definition) is 1. The van der Waals surface area contributed by atoms with Crippen molar-refractivity contribution >= 4 is 11.8 Å². The van der Waals surface area contributed by atoms with Crippen LogP contribution in [0, 0.1) is 34.5 Å². The van der Waals surface area contributed by atoms with Crippen LogP contribution in [-0.2, 0) is 14.3 Å². The first-order valence-corrected chi connectivity index (χ1v) is 11.1. The van der Waals surface area contributed by atoms with Gasteiger partial charge in [-0.25, -0.2) is 0 Å². The van der Waals surface area contributed by atoms with Crippen molar-refractivity contribution in [2.75, 3.05) is 0 Å². The molecule has 2 N–H and O–H groups in total. The molecule has 4 nitrogen and oxygen atoms in total. The molecule has 3 aliphatic carbocycles. The Kier molecular flexibility index (Phi) is 5.78. The lowest BCUT2D eigenvalue weighted by Crippen LogP contribution is -2.55. The van der Waals surface area contributed by atoms with E-state index in [-0.39, 0.29) is 17.5 Å². The highest BCUT2D eigenvalue weighted by Crippen LogP contribution is 2.63. The molecule has 154 valence electrons. The minimum atomic E-state index is -0.540. The Morgan fingerprint density at radius 3 is 2.44 bits per heavy atom. The van der Waals surface area contributed by atoms with Crippen LogP contribution in [0.4, 0.5) is 0 Å². The number of ketones is 1. The fourth-order valence-electron chi connectivity index (χ4n) is 7.11. The molecule has 3 rings (SSSR count). The zero-order chi connectivity index (χ0) is 20.0. The molecule has 0 spiro atoms. The normalized spacial score (nSPS) is 45.3. The molecule has 4 heteroatoms. The summed E-state index contributed by atoms with van der Waals surface area (Å²) in [6.07, 6.45) is 8.84. The van der Waals surface area contributed by atoms with Crippen LogP contribution in [0.2, 0.25) is 0 Å². The minimum absolute atomic E-state index is 0.0335. The van der Waals surface area contributed by atoms with Gasteiger partial charge in [-0.3, -0.25) is 9.59 Å². The number of carbonyl (C=O) groups is 2. The molecule has 0 bridgehead atoms. The van der Waals surface area contributed by atoms with Crippen LogP contribution in [0.15, 0.2) is 0 Å². The predicted molar refractivity (Wildman–Crippen MR) is 107 cm³/mol. The van der Waals surface area contributed by atoms with Crippen molar-refractivity contribution in [3.8, 4) is 0 Å². The lowest BCUT2D eigenvalue weighted by Gasteiger charge is -2.61. The Balaban J connectivity index is 1.76. The van der Waals surface area contributed by atoms with E-state index >= 15 is 0 Å². The predicted octanol–water partition coefficient (Wildman–Crippen LogP) is 4.49. The SMILES string of the molecule is CCC1C2CCC3CC(OC(=O)C(C)N)CCC3(C)C2CCC1(C)C(C)=O. The lowest BCUT2D eigenvalue weighted by molar-refractivity contribution is -0.165. The summed E-state index contributed by atoms with van der Waals surface area (Å²) in [5.74, 6) is 2.63. The van der Waals surface area contributed by atoms with E-state index < -0.39 is 6.04 Å². The van der Waals surface area contributed by atoms with Crippen molar-refractivity contribution in [2.45, 2.75) is 98.1 Å². The van der Waals surface area contributed by atoms with Crippen molar-refractivity contribution in [3.05, 3.63) is 0 Å². The summed E-state index contributed by atoms with van der Waals surface area (Å²) in [6, 6.07) is -0.540. The zero-order valence-electron chi connectivity index (χ0n) is 17.9. The van der Waals surface area contributed by atoms with Crippen LogP contribution < -0.4 is 5.73 Å². The van der Waals surface area contributed by atoms with Gasteiger partial charge in [0.1, 0.15) is 17.9 Å². The number of Topliss-reactive ketones (excluding diaryl/α,β-unsaturated/α-hetero) is 1. The van der Waals surface area contributed by atoms with E-state index in [4.69, 9.17) is 10.5 Å². The first-order chi connectivity index (χ1) is 12.6. The molecule has 0 aromatic carbocycles. The van der Waals surface area contributed by atoms with E-state index in [1.807, 2.05) is 0 Å². The molecule has 8 atom stereocenters. The van der Waals surface area contributed by atoms with Crippen molar-refractivity contribution in [1.82, 2.24) is 0 Å². The van der Waals surface area contributed by atoms with Crippen LogP contribution in [0.3, 0.4) is 0 Å². The third-order valence-corrected chi connectivity index (χ3v) is 8.91. The average Bonchev–Trinajstić information content (AvgIpc) is 2.61. The molecular weight excluding hydrogens is 338 g/mol. The molecule has 0 aliphatic heterocycles. The van der Waals surface area contributed by atoms with Crippen molar-refractivity contribution < 1.29 is 14.3 Å². The summed E-state index contributed by atoms with van der Waals surface area (Å²) in [6.45, 7) is 10.5. The van der Waals surface area contributed by atoms with E-state index in [0.29, 0.717) is 34.9 Å². The maximum atomic E-state index is 12.5. The first-order valence-electron chi connectivity index (χ1n) is 11.1. The molecular formula is C23H39NO3. The summed E-state index contributed by atoms with van der Waals surface area (Å²) in [7, 11) is 0. The lowest BCUT2D eigenvalue weighted by atomic mass is 9.44. The topological polar surface area (TPSA) is 69.4 Å². The van der Waals surface area contributed by atoms with Gasteiger partial charge in [-0.05, 0) is 87.9 Å². The number of nitrogens with two attached hydrogens (primary N) is 1. The monoisotopic (exact) mass is 377 g/mol. The molecule has 3 saturated carbocycles.